The molecule has 6 nitrogen and oxygen atoms in total. The molecule has 0 atom stereocenters. The van der Waals surface area contributed by atoms with E-state index in [0.29, 0.717) is 11.8 Å². The van der Waals surface area contributed by atoms with Gasteiger partial charge in [-0.05, 0) is 39.2 Å². The normalized spacial score (nSPS) is 23.2. The van der Waals surface area contributed by atoms with E-state index >= 15 is 0 Å². The Bertz CT molecular complexity index is 512. The third-order valence-electron chi connectivity index (χ3n) is 3.99. The molecule has 20 heavy (non-hydrogen) atoms. The first kappa shape index (κ1) is 15.0. The van der Waals surface area contributed by atoms with Crippen LogP contribution in [0.3, 0.4) is 0 Å². The van der Waals surface area contributed by atoms with Gasteiger partial charge in [-0.1, -0.05) is 6.92 Å². The number of aromatic nitrogens is 1. The van der Waals surface area contributed by atoms with Gasteiger partial charge in [0.2, 0.25) is 0 Å². The topological polar surface area (TPSA) is 81.5 Å². The average molecular weight is 281 g/mol. The lowest BCUT2D eigenvalue weighted by Gasteiger charge is -2.34. The highest BCUT2D eigenvalue weighted by Gasteiger charge is 2.26. The Morgan fingerprint density at radius 3 is 2.60 bits per heavy atom. The van der Waals surface area contributed by atoms with Crippen molar-refractivity contribution in [1.29, 1.82) is 0 Å². The van der Waals surface area contributed by atoms with E-state index in [4.69, 9.17) is 10.3 Å². The summed E-state index contributed by atoms with van der Waals surface area (Å²) in [7, 11) is 0. The molecule has 1 aromatic rings. The zero-order valence-corrected chi connectivity index (χ0v) is 12.2. The lowest BCUT2D eigenvalue weighted by Crippen LogP contribution is -2.44. The first-order chi connectivity index (χ1) is 9.51. The second kappa shape index (κ2) is 6.37. The first-order valence-corrected chi connectivity index (χ1v) is 7.24. The molecule has 112 valence electrons. The van der Waals surface area contributed by atoms with Crippen LogP contribution >= 0.6 is 0 Å². The van der Waals surface area contributed by atoms with Gasteiger partial charge >= 0.3 is 0 Å². The van der Waals surface area contributed by atoms with Gasteiger partial charge in [0.15, 0.2) is 0 Å². The van der Waals surface area contributed by atoms with Gasteiger partial charge < -0.3 is 10.3 Å². The van der Waals surface area contributed by atoms with Crippen LogP contribution in [-0.4, -0.2) is 40.7 Å². The third kappa shape index (κ3) is 3.37. The molecule has 0 aromatic carbocycles. The molecule has 1 aliphatic carbocycles. The molecule has 2 rings (SSSR count). The van der Waals surface area contributed by atoms with E-state index in [1.807, 2.05) is 6.92 Å². The van der Waals surface area contributed by atoms with E-state index in [9.17, 15) is 9.59 Å². The number of hydrogen-bond acceptors (Lipinski definition) is 5. The number of carbonyl (C=O) groups is 1. The van der Waals surface area contributed by atoms with Crippen molar-refractivity contribution in [1.82, 2.24) is 9.64 Å². The molecule has 2 N–H and O–H groups in total. The standard InChI is InChI=1S/C14H23N3O3/c1-3-16(12-6-4-11(15)5-7-12)9-14(19)17-13(18)8-10(2)20-17/h8,11-12H,3-7,9,15H2,1-2H3. The van der Waals surface area contributed by atoms with Crippen LogP contribution in [0.25, 0.3) is 0 Å². The van der Waals surface area contributed by atoms with Crippen LogP contribution in [0.1, 0.15) is 43.2 Å². The van der Waals surface area contributed by atoms with Crippen molar-refractivity contribution in [2.24, 2.45) is 5.73 Å². The van der Waals surface area contributed by atoms with Crippen molar-refractivity contribution in [3.05, 3.63) is 22.2 Å². The maximum absolute atomic E-state index is 12.2. The lowest BCUT2D eigenvalue weighted by atomic mass is 9.91. The summed E-state index contributed by atoms with van der Waals surface area (Å²) in [5, 5.41) is 0. The van der Waals surface area contributed by atoms with Crippen LogP contribution in [0.4, 0.5) is 0 Å². The number of hydrogen-bond donors (Lipinski definition) is 1. The van der Waals surface area contributed by atoms with E-state index in [1.54, 1.807) is 6.92 Å². The number of likely N-dealkylation sites (N-methyl/N-ethyl adjacent to an activating group) is 1. The van der Waals surface area contributed by atoms with Crippen LogP contribution in [0, 0.1) is 6.92 Å². The van der Waals surface area contributed by atoms with Crippen molar-refractivity contribution >= 4 is 5.91 Å². The summed E-state index contributed by atoms with van der Waals surface area (Å²) in [5.41, 5.74) is 5.51. The summed E-state index contributed by atoms with van der Waals surface area (Å²) in [4.78, 5) is 25.9. The predicted molar refractivity (Wildman–Crippen MR) is 75.8 cm³/mol. The SMILES string of the molecule is CCN(CC(=O)n1oc(C)cc1=O)C1CCC(N)CC1. The number of nitrogens with zero attached hydrogens (tertiary/aromatic N) is 2. The molecule has 0 bridgehead atoms. The highest BCUT2D eigenvalue weighted by molar-refractivity contribution is 5.79. The van der Waals surface area contributed by atoms with E-state index in [-0.39, 0.29) is 18.5 Å². The second-order valence-corrected chi connectivity index (χ2v) is 5.50. The fraction of sp³-hybridized carbons (Fsp3) is 0.714. The van der Waals surface area contributed by atoms with Crippen molar-refractivity contribution in [3.8, 4) is 0 Å². The minimum absolute atomic E-state index is 0.212. The van der Waals surface area contributed by atoms with Gasteiger partial charge in [0.25, 0.3) is 11.5 Å². The Morgan fingerprint density at radius 1 is 1.45 bits per heavy atom. The molecule has 1 aromatic heterocycles. The molecule has 1 saturated carbocycles. The highest BCUT2D eigenvalue weighted by Crippen LogP contribution is 2.21. The van der Waals surface area contributed by atoms with Crippen molar-refractivity contribution < 1.29 is 9.32 Å². The van der Waals surface area contributed by atoms with Crippen LogP contribution in [-0.2, 0) is 0 Å². The summed E-state index contributed by atoms with van der Waals surface area (Å²) >= 11 is 0. The predicted octanol–water partition coefficient (Wildman–Crippen LogP) is 0.982. The summed E-state index contributed by atoms with van der Waals surface area (Å²) in [6.45, 7) is 4.67. The molecule has 6 heteroatoms. The molecule has 0 spiro atoms. The van der Waals surface area contributed by atoms with Crippen molar-refractivity contribution in [3.63, 3.8) is 0 Å². The lowest BCUT2D eigenvalue weighted by molar-refractivity contribution is 0.0654. The number of carbonyl (C=O) groups excluding carboxylic acids is 1. The maximum Gasteiger partial charge on any atom is 0.290 e. The second-order valence-electron chi connectivity index (χ2n) is 5.50. The fourth-order valence-electron chi connectivity index (χ4n) is 2.83. The Morgan fingerprint density at radius 2 is 2.10 bits per heavy atom. The number of aryl methyl sites for hydroxylation is 1. The van der Waals surface area contributed by atoms with Gasteiger partial charge in [0.1, 0.15) is 5.76 Å². The summed E-state index contributed by atoms with van der Waals surface area (Å²) in [6, 6.07) is 1.99. The summed E-state index contributed by atoms with van der Waals surface area (Å²) in [6.07, 6.45) is 4.01. The Kier molecular flexibility index (Phi) is 4.77. The molecular formula is C14H23N3O3. The largest absolute Gasteiger partial charge is 0.373 e. The van der Waals surface area contributed by atoms with Gasteiger partial charge in [-0.2, -0.15) is 0 Å². The van der Waals surface area contributed by atoms with Gasteiger partial charge in [-0.3, -0.25) is 14.5 Å². The van der Waals surface area contributed by atoms with Crippen LogP contribution in [0.15, 0.2) is 15.4 Å². The summed E-state index contributed by atoms with van der Waals surface area (Å²) < 4.78 is 5.99. The van der Waals surface area contributed by atoms with E-state index in [1.165, 1.54) is 6.07 Å². The van der Waals surface area contributed by atoms with Gasteiger partial charge in [0.05, 0.1) is 6.54 Å². The Balaban J connectivity index is 2.01. The van der Waals surface area contributed by atoms with Gasteiger partial charge in [-0.25, -0.2) is 0 Å². The molecule has 0 unspecified atom stereocenters. The van der Waals surface area contributed by atoms with Gasteiger partial charge in [0, 0.05) is 18.2 Å². The monoisotopic (exact) mass is 281 g/mol. The van der Waals surface area contributed by atoms with E-state index < -0.39 is 5.56 Å². The van der Waals surface area contributed by atoms with E-state index in [0.717, 1.165) is 37.0 Å². The number of rotatable bonds is 4. The molecule has 1 heterocycles. The van der Waals surface area contributed by atoms with Crippen LogP contribution in [0.5, 0.6) is 0 Å². The highest BCUT2D eigenvalue weighted by atomic mass is 16.5. The molecule has 0 radical (unpaired) electrons. The number of nitrogens with two attached hydrogens (primary N) is 1. The zero-order valence-electron chi connectivity index (χ0n) is 12.2. The molecule has 0 aliphatic heterocycles. The van der Waals surface area contributed by atoms with E-state index in [2.05, 4.69) is 4.90 Å². The third-order valence-corrected chi connectivity index (χ3v) is 3.99. The minimum atomic E-state index is -0.394. The smallest absolute Gasteiger partial charge is 0.290 e. The fourth-order valence-corrected chi connectivity index (χ4v) is 2.83. The quantitative estimate of drug-likeness (QED) is 0.889. The molecule has 1 fully saturated rings. The van der Waals surface area contributed by atoms with Crippen molar-refractivity contribution in [2.75, 3.05) is 13.1 Å². The van der Waals surface area contributed by atoms with Crippen molar-refractivity contribution in [2.45, 2.75) is 51.6 Å². The maximum atomic E-state index is 12.2. The van der Waals surface area contributed by atoms with Gasteiger partial charge in [-0.15, -0.1) is 4.74 Å². The zero-order chi connectivity index (χ0) is 14.7. The van der Waals surface area contributed by atoms with Crippen LogP contribution in [0.2, 0.25) is 0 Å². The Labute approximate surface area is 118 Å². The molecule has 0 amide bonds. The Hall–Kier alpha value is -1.40. The molecular weight excluding hydrogens is 258 g/mol. The molecule has 1 aliphatic rings. The van der Waals surface area contributed by atoms with Crippen LogP contribution < -0.4 is 11.3 Å². The summed E-state index contributed by atoms with van der Waals surface area (Å²) in [5.74, 6) is 0.148. The first-order valence-electron chi connectivity index (χ1n) is 7.24. The minimum Gasteiger partial charge on any atom is -0.373 e. The molecule has 0 saturated heterocycles. The average Bonchev–Trinajstić information content (AvgIpc) is 2.76.